The van der Waals surface area contributed by atoms with Gasteiger partial charge in [0.15, 0.2) is 0 Å². The van der Waals surface area contributed by atoms with Crippen molar-refractivity contribution in [3.63, 3.8) is 0 Å². The van der Waals surface area contributed by atoms with Crippen LogP contribution in [0.25, 0.3) is 0 Å². The highest BCUT2D eigenvalue weighted by molar-refractivity contribution is 6.30. The predicted octanol–water partition coefficient (Wildman–Crippen LogP) is 4.23. The Morgan fingerprint density at radius 3 is 2.79 bits per heavy atom. The number of likely N-dealkylation sites (tertiary alicyclic amines) is 1. The molecule has 1 saturated heterocycles. The van der Waals surface area contributed by atoms with Crippen molar-refractivity contribution >= 4 is 11.6 Å². The fourth-order valence-electron chi connectivity index (χ4n) is 2.58. The predicted molar refractivity (Wildman–Crippen MR) is 81.0 cm³/mol. The second-order valence-electron chi connectivity index (χ2n) is 5.43. The molecule has 2 nitrogen and oxygen atoms in total. The van der Waals surface area contributed by atoms with Crippen LogP contribution in [0, 0.1) is 5.92 Å². The molecule has 1 unspecified atom stereocenters. The Kier molecular flexibility index (Phi) is 5.99. The maximum absolute atomic E-state index is 5.86. The number of hydrogen-bond donors (Lipinski definition) is 0. The van der Waals surface area contributed by atoms with Crippen molar-refractivity contribution < 1.29 is 4.74 Å². The summed E-state index contributed by atoms with van der Waals surface area (Å²) in [5.41, 5.74) is 0. The molecule has 0 spiro atoms. The van der Waals surface area contributed by atoms with Crippen LogP contribution >= 0.6 is 11.6 Å². The largest absolute Gasteiger partial charge is 0.493 e. The molecule has 1 aliphatic heterocycles. The molecule has 0 aliphatic carbocycles. The topological polar surface area (TPSA) is 12.5 Å². The van der Waals surface area contributed by atoms with Crippen molar-refractivity contribution in [2.24, 2.45) is 5.92 Å². The van der Waals surface area contributed by atoms with Gasteiger partial charge in [0.1, 0.15) is 5.75 Å². The summed E-state index contributed by atoms with van der Waals surface area (Å²) < 4.78 is 5.83. The zero-order valence-electron chi connectivity index (χ0n) is 11.8. The first-order valence-corrected chi connectivity index (χ1v) is 7.76. The van der Waals surface area contributed by atoms with Gasteiger partial charge < -0.3 is 9.64 Å². The molecule has 0 radical (unpaired) electrons. The van der Waals surface area contributed by atoms with Crippen LogP contribution in [0.15, 0.2) is 24.3 Å². The highest BCUT2D eigenvalue weighted by atomic mass is 35.5. The van der Waals surface area contributed by atoms with Gasteiger partial charge in [-0.15, -0.1) is 0 Å². The molecule has 3 heteroatoms. The highest BCUT2D eigenvalue weighted by Crippen LogP contribution is 2.20. The van der Waals surface area contributed by atoms with Gasteiger partial charge in [-0.05, 0) is 50.2 Å². The smallest absolute Gasteiger partial charge is 0.119 e. The minimum Gasteiger partial charge on any atom is -0.493 e. The Morgan fingerprint density at radius 2 is 2.05 bits per heavy atom. The van der Waals surface area contributed by atoms with E-state index in [1.54, 1.807) is 0 Å². The van der Waals surface area contributed by atoms with E-state index >= 15 is 0 Å². The summed E-state index contributed by atoms with van der Waals surface area (Å²) in [6, 6.07) is 7.64. The highest BCUT2D eigenvalue weighted by Gasteiger charge is 2.22. The molecule has 0 N–H and O–H groups in total. The van der Waals surface area contributed by atoms with Crippen molar-refractivity contribution in [3.05, 3.63) is 29.3 Å². The maximum atomic E-state index is 5.86. The van der Waals surface area contributed by atoms with Crippen LogP contribution < -0.4 is 4.74 Å². The van der Waals surface area contributed by atoms with Crippen LogP contribution in [0.2, 0.25) is 5.02 Å². The number of halogens is 1. The molecule has 1 fully saturated rings. The standard InChI is InChI=1S/C16H24ClNO/c1-2-3-4-10-18-11-9-14(12-18)13-19-16-7-5-15(17)6-8-16/h5-8,14H,2-4,9-13H2,1H3. The van der Waals surface area contributed by atoms with Gasteiger partial charge in [0, 0.05) is 17.5 Å². The third kappa shape index (κ3) is 5.04. The first kappa shape index (κ1) is 14.7. The van der Waals surface area contributed by atoms with Gasteiger partial charge >= 0.3 is 0 Å². The van der Waals surface area contributed by atoms with Crippen LogP contribution in [-0.2, 0) is 0 Å². The SMILES string of the molecule is CCCCCN1CCC(COc2ccc(Cl)cc2)C1. The minimum atomic E-state index is 0.678. The monoisotopic (exact) mass is 281 g/mol. The summed E-state index contributed by atoms with van der Waals surface area (Å²) >= 11 is 5.86. The average molecular weight is 282 g/mol. The molecule has 0 aromatic heterocycles. The fraction of sp³-hybridized carbons (Fsp3) is 0.625. The van der Waals surface area contributed by atoms with Crippen LogP contribution in [-0.4, -0.2) is 31.1 Å². The van der Waals surface area contributed by atoms with E-state index in [1.165, 1.54) is 45.3 Å². The molecule has 1 heterocycles. The summed E-state index contributed by atoms with van der Waals surface area (Å²) in [6.45, 7) is 6.76. The van der Waals surface area contributed by atoms with E-state index in [4.69, 9.17) is 16.3 Å². The van der Waals surface area contributed by atoms with Crippen LogP contribution in [0.5, 0.6) is 5.75 Å². The molecule has 2 rings (SSSR count). The van der Waals surface area contributed by atoms with E-state index in [2.05, 4.69) is 11.8 Å². The normalized spacial score (nSPS) is 19.8. The molecule has 0 saturated carbocycles. The molecule has 106 valence electrons. The molecular formula is C16H24ClNO. The van der Waals surface area contributed by atoms with Gasteiger partial charge in [0.2, 0.25) is 0 Å². The number of nitrogens with zero attached hydrogens (tertiary/aromatic N) is 1. The second-order valence-corrected chi connectivity index (χ2v) is 5.86. The first-order valence-electron chi connectivity index (χ1n) is 7.38. The number of rotatable bonds is 7. The van der Waals surface area contributed by atoms with Gasteiger partial charge in [-0.25, -0.2) is 0 Å². The summed E-state index contributed by atoms with van der Waals surface area (Å²) in [6.07, 6.45) is 5.25. The Hall–Kier alpha value is -0.730. The lowest BCUT2D eigenvalue weighted by Crippen LogP contribution is -2.23. The number of unbranched alkanes of at least 4 members (excludes halogenated alkanes) is 2. The Bertz CT molecular complexity index is 366. The zero-order valence-corrected chi connectivity index (χ0v) is 12.5. The van der Waals surface area contributed by atoms with Gasteiger partial charge in [-0.1, -0.05) is 31.4 Å². The molecule has 1 aromatic rings. The quantitative estimate of drug-likeness (QED) is 0.694. The lowest BCUT2D eigenvalue weighted by Gasteiger charge is -2.16. The third-order valence-electron chi connectivity index (χ3n) is 3.75. The third-order valence-corrected chi connectivity index (χ3v) is 4.00. The number of ether oxygens (including phenoxy) is 1. The Balaban J connectivity index is 1.66. The van der Waals surface area contributed by atoms with Crippen LogP contribution in [0.1, 0.15) is 32.6 Å². The number of hydrogen-bond acceptors (Lipinski definition) is 2. The van der Waals surface area contributed by atoms with Crippen molar-refractivity contribution in [2.45, 2.75) is 32.6 Å². The second kappa shape index (κ2) is 7.76. The fourth-order valence-corrected chi connectivity index (χ4v) is 2.71. The van der Waals surface area contributed by atoms with E-state index in [0.717, 1.165) is 17.4 Å². The van der Waals surface area contributed by atoms with E-state index in [9.17, 15) is 0 Å². The van der Waals surface area contributed by atoms with E-state index in [1.807, 2.05) is 24.3 Å². The summed E-state index contributed by atoms with van der Waals surface area (Å²) in [4.78, 5) is 2.57. The van der Waals surface area contributed by atoms with Crippen LogP contribution in [0.4, 0.5) is 0 Å². The van der Waals surface area contributed by atoms with E-state index in [0.29, 0.717) is 5.92 Å². The first-order chi connectivity index (χ1) is 9.28. The molecule has 0 bridgehead atoms. The lowest BCUT2D eigenvalue weighted by molar-refractivity contribution is 0.239. The van der Waals surface area contributed by atoms with Gasteiger partial charge in [-0.2, -0.15) is 0 Å². The van der Waals surface area contributed by atoms with Gasteiger partial charge in [0.05, 0.1) is 6.61 Å². The minimum absolute atomic E-state index is 0.678. The summed E-state index contributed by atoms with van der Waals surface area (Å²) in [5.74, 6) is 1.60. The van der Waals surface area contributed by atoms with Crippen molar-refractivity contribution in [3.8, 4) is 5.75 Å². The summed E-state index contributed by atoms with van der Waals surface area (Å²) in [7, 11) is 0. The van der Waals surface area contributed by atoms with Crippen molar-refractivity contribution in [1.82, 2.24) is 4.90 Å². The molecule has 1 aromatic carbocycles. The van der Waals surface area contributed by atoms with Gasteiger partial charge in [-0.3, -0.25) is 0 Å². The number of benzene rings is 1. The molecule has 1 aliphatic rings. The van der Waals surface area contributed by atoms with Crippen molar-refractivity contribution in [1.29, 1.82) is 0 Å². The zero-order chi connectivity index (χ0) is 13.5. The van der Waals surface area contributed by atoms with E-state index < -0.39 is 0 Å². The van der Waals surface area contributed by atoms with Gasteiger partial charge in [0.25, 0.3) is 0 Å². The maximum Gasteiger partial charge on any atom is 0.119 e. The lowest BCUT2D eigenvalue weighted by atomic mass is 10.1. The van der Waals surface area contributed by atoms with Crippen molar-refractivity contribution in [2.75, 3.05) is 26.2 Å². The van der Waals surface area contributed by atoms with Crippen LogP contribution in [0.3, 0.4) is 0 Å². The van der Waals surface area contributed by atoms with E-state index in [-0.39, 0.29) is 0 Å². The molecule has 1 atom stereocenters. The Morgan fingerprint density at radius 1 is 1.26 bits per heavy atom. The Labute approximate surface area is 121 Å². The average Bonchev–Trinajstić information content (AvgIpc) is 2.86. The molecular weight excluding hydrogens is 258 g/mol. The molecule has 0 amide bonds. The summed E-state index contributed by atoms with van der Waals surface area (Å²) in [5, 5.41) is 0.760. The molecule has 19 heavy (non-hydrogen) atoms.